The maximum atomic E-state index is 9.50. The van der Waals surface area contributed by atoms with Crippen LogP contribution in [0, 0.1) is 11.3 Å². The van der Waals surface area contributed by atoms with Gasteiger partial charge in [-0.2, -0.15) is 0 Å². The Morgan fingerprint density at radius 3 is 2.44 bits per heavy atom. The molecule has 0 radical (unpaired) electrons. The predicted molar refractivity (Wildman–Crippen MR) is 70.2 cm³/mol. The molecule has 1 atom stereocenters. The standard InChI is InChI=1S/C13H18Cl2O/c1-9(2)13(3,8-16)7-10-6-11(14)4-5-12(10)15/h4-6,9,16H,7-8H2,1-3H3. The van der Waals surface area contributed by atoms with E-state index in [0.29, 0.717) is 16.0 Å². The number of halogens is 2. The van der Waals surface area contributed by atoms with Crippen molar-refractivity contribution < 1.29 is 5.11 Å². The van der Waals surface area contributed by atoms with Crippen molar-refractivity contribution in [2.45, 2.75) is 27.2 Å². The van der Waals surface area contributed by atoms with Gasteiger partial charge in [0.05, 0.1) is 0 Å². The zero-order valence-corrected chi connectivity index (χ0v) is 11.4. The Hall–Kier alpha value is -0.240. The van der Waals surface area contributed by atoms with E-state index in [-0.39, 0.29) is 12.0 Å². The van der Waals surface area contributed by atoms with Crippen LogP contribution in [0.5, 0.6) is 0 Å². The molecule has 0 aliphatic rings. The third kappa shape index (κ3) is 3.13. The monoisotopic (exact) mass is 260 g/mol. The van der Waals surface area contributed by atoms with Gasteiger partial charge in [-0.15, -0.1) is 0 Å². The van der Waals surface area contributed by atoms with E-state index in [0.717, 1.165) is 12.0 Å². The van der Waals surface area contributed by atoms with Crippen LogP contribution in [0.2, 0.25) is 10.0 Å². The van der Waals surface area contributed by atoms with Crippen molar-refractivity contribution in [1.29, 1.82) is 0 Å². The van der Waals surface area contributed by atoms with Crippen molar-refractivity contribution in [3.05, 3.63) is 33.8 Å². The molecule has 0 heterocycles. The Balaban J connectivity index is 2.98. The highest BCUT2D eigenvalue weighted by atomic mass is 35.5. The van der Waals surface area contributed by atoms with Gasteiger partial charge in [0.15, 0.2) is 0 Å². The van der Waals surface area contributed by atoms with Gasteiger partial charge in [0, 0.05) is 16.7 Å². The lowest BCUT2D eigenvalue weighted by atomic mass is 9.75. The fourth-order valence-corrected chi connectivity index (χ4v) is 1.94. The van der Waals surface area contributed by atoms with E-state index in [2.05, 4.69) is 20.8 Å². The Morgan fingerprint density at radius 2 is 1.94 bits per heavy atom. The van der Waals surface area contributed by atoms with Crippen LogP contribution >= 0.6 is 23.2 Å². The zero-order valence-electron chi connectivity index (χ0n) is 9.93. The minimum atomic E-state index is -0.158. The van der Waals surface area contributed by atoms with Crippen LogP contribution in [0.25, 0.3) is 0 Å². The molecule has 0 aliphatic heterocycles. The van der Waals surface area contributed by atoms with Crippen LogP contribution < -0.4 is 0 Å². The summed E-state index contributed by atoms with van der Waals surface area (Å²) in [4.78, 5) is 0. The minimum absolute atomic E-state index is 0.146. The van der Waals surface area contributed by atoms with Crippen molar-refractivity contribution in [2.24, 2.45) is 11.3 Å². The fraction of sp³-hybridized carbons (Fsp3) is 0.538. The summed E-state index contributed by atoms with van der Waals surface area (Å²) in [5.41, 5.74) is 0.841. The molecule has 1 nitrogen and oxygen atoms in total. The third-order valence-corrected chi connectivity index (χ3v) is 3.96. The maximum Gasteiger partial charge on any atom is 0.0490 e. The summed E-state index contributed by atoms with van der Waals surface area (Å²) in [7, 11) is 0. The summed E-state index contributed by atoms with van der Waals surface area (Å²) in [5, 5.41) is 10.9. The molecule has 3 heteroatoms. The molecule has 1 rings (SSSR count). The second-order valence-corrected chi connectivity index (χ2v) is 5.72. The normalized spacial score (nSPS) is 15.2. The Kier molecular flexibility index (Phi) is 4.66. The van der Waals surface area contributed by atoms with Crippen LogP contribution in [0.1, 0.15) is 26.3 Å². The number of hydrogen-bond acceptors (Lipinski definition) is 1. The SMILES string of the molecule is CC(C)C(C)(CO)Cc1cc(Cl)ccc1Cl. The largest absolute Gasteiger partial charge is 0.396 e. The second kappa shape index (κ2) is 5.39. The molecule has 0 saturated heterocycles. The van der Waals surface area contributed by atoms with E-state index in [4.69, 9.17) is 23.2 Å². The molecule has 1 aromatic rings. The van der Waals surface area contributed by atoms with E-state index >= 15 is 0 Å². The molecule has 90 valence electrons. The van der Waals surface area contributed by atoms with Crippen LogP contribution in [-0.2, 0) is 6.42 Å². The summed E-state index contributed by atoms with van der Waals surface area (Å²) in [6, 6.07) is 5.45. The van der Waals surface area contributed by atoms with Crippen LogP contribution in [0.4, 0.5) is 0 Å². The van der Waals surface area contributed by atoms with E-state index in [9.17, 15) is 5.11 Å². The molecule has 0 amide bonds. The number of aliphatic hydroxyl groups excluding tert-OH is 1. The lowest BCUT2D eigenvalue weighted by molar-refractivity contribution is 0.0948. The minimum Gasteiger partial charge on any atom is -0.396 e. The molecule has 1 unspecified atom stereocenters. The third-order valence-electron chi connectivity index (χ3n) is 3.36. The predicted octanol–water partition coefficient (Wildman–Crippen LogP) is 4.19. The van der Waals surface area contributed by atoms with Crippen molar-refractivity contribution in [1.82, 2.24) is 0 Å². The molecule has 1 N–H and O–H groups in total. The molecule has 0 fully saturated rings. The fourth-order valence-electron chi connectivity index (χ4n) is 1.56. The van der Waals surface area contributed by atoms with Gasteiger partial charge < -0.3 is 5.11 Å². The quantitative estimate of drug-likeness (QED) is 0.861. The van der Waals surface area contributed by atoms with Crippen molar-refractivity contribution >= 4 is 23.2 Å². The summed E-state index contributed by atoms with van der Waals surface area (Å²) in [6.45, 7) is 6.42. The summed E-state index contributed by atoms with van der Waals surface area (Å²) in [6.07, 6.45) is 0.737. The number of benzene rings is 1. The first-order valence-corrected chi connectivity index (χ1v) is 6.19. The summed E-state index contributed by atoms with van der Waals surface area (Å²) in [5.74, 6) is 0.382. The Bertz CT molecular complexity index is 363. The average molecular weight is 261 g/mol. The van der Waals surface area contributed by atoms with Crippen LogP contribution in [0.15, 0.2) is 18.2 Å². The lowest BCUT2D eigenvalue weighted by Gasteiger charge is -2.32. The first-order chi connectivity index (χ1) is 7.39. The number of hydrogen-bond donors (Lipinski definition) is 1. The molecular formula is C13H18Cl2O. The summed E-state index contributed by atoms with van der Waals surface area (Å²) >= 11 is 12.1. The molecule has 0 spiro atoms. The molecule has 0 saturated carbocycles. The topological polar surface area (TPSA) is 20.2 Å². The van der Waals surface area contributed by atoms with Crippen molar-refractivity contribution in [3.63, 3.8) is 0 Å². The number of rotatable bonds is 4. The molecule has 1 aromatic carbocycles. The molecule has 16 heavy (non-hydrogen) atoms. The first kappa shape index (κ1) is 13.8. The highest BCUT2D eigenvalue weighted by Crippen LogP contribution is 2.34. The van der Waals surface area contributed by atoms with Gasteiger partial charge in [0.2, 0.25) is 0 Å². The van der Waals surface area contributed by atoms with Crippen molar-refractivity contribution in [2.75, 3.05) is 6.61 Å². The molecule has 0 aromatic heterocycles. The second-order valence-electron chi connectivity index (χ2n) is 4.88. The first-order valence-electron chi connectivity index (χ1n) is 5.44. The van der Waals surface area contributed by atoms with Gasteiger partial charge in [-0.05, 0) is 41.5 Å². The van der Waals surface area contributed by atoms with Gasteiger partial charge in [-0.25, -0.2) is 0 Å². The molecule has 0 bridgehead atoms. The Morgan fingerprint density at radius 1 is 1.31 bits per heavy atom. The lowest BCUT2D eigenvalue weighted by Crippen LogP contribution is -2.30. The van der Waals surface area contributed by atoms with E-state index in [1.807, 2.05) is 6.07 Å². The van der Waals surface area contributed by atoms with E-state index in [1.165, 1.54) is 0 Å². The van der Waals surface area contributed by atoms with Gasteiger partial charge in [-0.3, -0.25) is 0 Å². The van der Waals surface area contributed by atoms with Crippen molar-refractivity contribution in [3.8, 4) is 0 Å². The highest BCUT2D eigenvalue weighted by Gasteiger charge is 2.28. The maximum absolute atomic E-state index is 9.50. The van der Waals surface area contributed by atoms with E-state index in [1.54, 1.807) is 12.1 Å². The Labute approximate surface area is 107 Å². The van der Waals surface area contributed by atoms with Gasteiger partial charge in [0.25, 0.3) is 0 Å². The smallest absolute Gasteiger partial charge is 0.0490 e. The molecular weight excluding hydrogens is 243 g/mol. The van der Waals surface area contributed by atoms with Gasteiger partial charge in [-0.1, -0.05) is 44.0 Å². The van der Waals surface area contributed by atoms with Gasteiger partial charge in [0.1, 0.15) is 0 Å². The highest BCUT2D eigenvalue weighted by molar-refractivity contribution is 6.33. The summed E-state index contributed by atoms with van der Waals surface area (Å²) < 4.78 is 0. The van der Waals surface area contributed by atoms with E-state index < -0.39 is 0 Å². The number of aliphatic hydroxyl groups is 1. The van der Waals surface area contributed by atoms with Crippen LogP contribution in [0.3, 0.4) is 0 Å². The molecule has 0 aliphatic carbocycles. The average Bonchev–Trinajstić information content (AvgIpc) is 2.23. The van der Waals surface area contributed by atoms with Gasteiger partial charge >= 0.3 is 0 Å². The van der Waals surface area contributed by atoms with Crippen LogP contribution in [-0.4, -0.2) is 11.7 Å². The zero-order chi connectivity index (χ0) is 12.3.